The molecule has 148 valence electrons. The Balaban J connectivity index is 1.51. The van der Waals surface area contributed by atoms with Crippen LogP contribution >= 0.6 is 11.6 Å². The van der Waals surface area contributed by atoms with Crippen LogP contribution in [-0.2, 0) is 9.47 Å². The van der Waals surface area contributed by atoms with Gasteiger partial charge < -0.3 is 24.6 Å². The summed E-state index contributed by atoms with van der Waals surface area (Å²) in [6.45, 7) is 3.95. The van der Waals surface area contributed by atoms with E-state index in [2.05, 4.69) is 10.2 Å². The molecule has 1 aromatic carbocycles. The highest BCUT2D eigenvalue weighted by Gasteiger charge is 2.36. The molecule has 0 radical (unpaired) electrons. The van der Waals surface area contributed by atoms with Crippen LogP contribution in [0, 0.1) is 0 Å². The third kappa shape index (κ3) is 4.33. The van der Waals surface area contributed by atoms with Gasteiger partial charge in [0, 0.05) is 24.7 Å². The minimum atomic E-state index is -0.308. The number of ether oxygens (including phenoxy) is 2. The number of benzene rings is 1. The molecule has 3 fully saturated rings. The first-order valence-corrected chi connectivity index (χ1v) is 10.5. The zero-order valence-electron chi connectivity index (χ0n) is 15.7. The Kier molecular flexibility index (Phi) is 6.05. The number of nitrogens with one attached hydrogen (secondary N) is 1. The van der Waals surface area contributed by atoms with Gasteiger partial charge in [0.25, 0.3) is 0 Å². The van der Waals surface area contributed by atoms with E-state index in [9.17, 15) is 4.79 Å². The average Bonchev–Trinajstić information content (AvgIpc) is 3.23. The predicted molar refractivity (Wildman–Crippen MR) is 107 cm³/mol. The molecule has 0 bridgehead atoms. The topological polar surface area (TPSA) is 54.0 Å². The molecule has 1 atom stereocenters. The van der Waals surface area contributed by atoms with Gasteiger partial charge in [-0.15, -0.1) is 0 Å². The second kappa shape index (κ2) is 8.67. The van der Waals surface area contributed by atoms with E-state index < -0.39 is 0 Å². The van der Waals surface area contributed by atoms with Crippen molar-refractivity contribution >= 4 is 29.0 Å². The highest BCUT2D eigenvalue weighted by molar-refractivity contribution is 6.31. The number of urea groups is 1. The Morgan fingerprint density at radius 2 is 1.78 bits per heavy atom. The largest absolute Gasteiger partial charge is 0.370 e. The number of carbonyl (C=O) groups is 1. The zero-order chi connectivity index (χ0) is 18.6. The van der Waals surface area contributed by atoms with Crippen molar-refractivity contribution in [2.45, 2.75) is 50.9 Å². The summed E-state index contributed by atoms with van der Waals surface area (Å²) in [7, 11) is 0. The lowest BCUT2D eigenvalue weighted by atomic mass is 10.0. The SMILES string of the molecule is O=C(Nc1cc(Cl)ccc1N1CCCCC1)N1CCCCC1C1OCCO1. The van der Waals surface area contributed by atoms with Crippen molar-refractivity contribution in [2.75, 3.05) is 43.1 Å². The molecule has 0 saturated carbocycles. The van der Waals surface area contributed by atoms with Gasteiger partial charge in [-0.25, -0.2) is 4.79 Å². The number of likely N-dealkylation sites (tertiary alicyclic amines) is 1. The first-order valence-electron chi connectivity index (χ1n) is 10.1. The Labute approximate surface area is 165 Å². The third-order valence-corrected chi connectivity index (χ3v) is 5.90. The predicted octanol–water partition coefficient (Wildman–Crippen LogP) is 4.09. The maximum Gasteiger partial charge on any atom is 0.322 e. The molecule has 6 nitrogen and oxygen atoms in total. The number of carbonyl (C=O) groups excluding carboxylic acids is 1. The Morgan fingerprint density at radius 3 is 2.56 bits per heavy atom. The Hall–Kier alpha value is -1.50. The lowest BCUT2D eigenvalue weighted by Crippen LogP contribution is -2.51. The van der Waals surface area contributed by atoms with E-state index in [1.54, 1.807) is 0 Å². The third-order valence-electron chi connectivity index (χ3n) is 5.67. The smallest absolute Gasteiger partial charge is 0.322 e. The van der Waals surface area contributed by atoms with Gasteiger partial charge in [-0.3, -0.25) is 0 Å². The van der Waals surface area contributed by atoms with Gasteiger partial charge in [-0.05, 0) is 56.7 Å². The molecular formula is C20H28ClN3O3. The Bertz CT molecular complexity index is 660. The quantitative estimate of drug-likeness (QED) is 0.840. The maximum absolute atomic E-state index is 13.1. The maximum atomic E-state index is 13.1. The van der Waals surface area contributed by atoms with Gasteiger partial charge in [0.2, 0.25) is 0 Å². The van der Waals surface area contributed by atoms with Gasteiger partial charge in [-0.2, -0.15) is 0 Å². The van der Waals surface area contributed by atoms with Gasteiger partial charge in [0.05, 0.1) is 30.6 Å². The number of halogens is 1. The standard InChI is InChI=1S/C20H28ClN3O3/c21-15-7-8-17(23-9-3-1-4-10-23)16(14-15)22-20(25)24-11-5-2-6-18(24)19-26-12-13-27-19/h7-8,14,18-19H,1-6,9-13H2,(H,22,25). The summed E-state index contributed by atoms with van der Waals surface area (Å²) < 4.78 is 11.4. The van der Waals surface area contributed by atoms with E-state index in [-0.39, 0.29) is 18.4 Å². The van der Waals surface area contributed by atoms with Gasteiger partial charge in [-0.1, -0.05) is 11.6 Å². The van der Waals surface area contributed by atoms with Crippen molar-refractivity contribution in [1.29, 1.82) is 0 Å². The second-order valence-electron chi connectivity index (χ2n) is 7.51. The average molecular weight is 394 g/mol. The van der Waals surface area contributed by atoms with Crippen LogP contribution in [0.4, 0.5) is 16.2 Å². The minimum absolute atomic E-state index is 0.0288. The van der Waals surface area contributed by atoms with Crippen LogP contribution in [0.15, 0.2) is 18.2 Å². The van der Waals surface area contributed by atoms with E-state index >= 15 is 0 Å². The van der Waals surface area contributed by atoms with Crippen molar-refractivity contribution in [3.8, 4) is 0 Å². The van der Waals surface area contributed by atoms with Crippen molar-refractivity contribution in [3.05, 3.63) is 23.2 Å². The summed E-state index contributed by atoms with van der Waals surface area (Å²) in [5, 5.41) is 3.75. The monoisotopic (exact) mass is 393 g/mol. The van der Waals surface area contributed by atoms with E-state index in [0.29, 0.717) is 18.2 Å². The normalized spacial score (nSPS) is 24.3. The molecule has 0 aromatic heterocycles. The molecule has 3 aliphatic rings. The summed E-state index contributed by atoms with van der Waals surface area (Å²) in [6, 6.07) is 5.63. The minimum Gasteiger partial charge on any atom is -0.370 e. The summed E-state index contributed by atoms with van der Waals surface area (Å²) in [5.41, 5.74) is 1.83. The van der Waals surface area contributed by atoms with E-state index in [0.717, 1.165) is 50.3 Å². The Morgan fingerprint density at radius 1 is 1.04 bits per heavy atom. The fraction of sp³-hybridized carbons (Fsp3) is 0.650. The van der Waals surface area contributed by atoms with Crippen LogP contribution in [0.2, 0.25) is 5.02 Å². The highest BCUT2D eigenvalue weighted by Crippen LogP contribution is 2.32. The van der Waals surface area contributed by atoms with Crippen LogP contribution in [0.3, 0.4) is 0 Å². The number of piperidine rings is 2. The van der Waals surface area contributed by atoms with E-state index in [1.807, 2.05) is 23.1 Å². The van der Waals surface area contributed by atoms with E-state index in [1.165, 1.54) is 19.3 Å². The molecule has 4 rings (SSSR count). The summed E-state index contributed by atoms with van der Waals surface area (Å²) in [6.07, 6.45) is 6.33. The van der Waals surface area contributed by atoms with Crippen LogP contribution in [-0.4, -0.2) is 56.1 Å². The molecule has 2 amide bonds. The molecule has 1 N–H and O–H groups in total. The molecule has 1 aromatic rings. The molecule has 3 heterocycles. The van der Waals surface area contributed by atoms with Crippen LogP contribution in [0.25, 0.3) is 0 Å². The molecule has 3 aliphatic heterocycles. The number of nitrogens with zero attached hydrogens (tertiary/aromatic N) is 2. The first-order chi connectivity index (χ1) is 13.2. The highest BCUT2D eigenvalue weighted by atomic mass is 35.5. The molecule has 1 unspecified atom stereocenters. The van der Waals surface area contributed by atoms with Gasteiger partial charge in [0.1, 0.15) is 0 Å². The van der Waals surface area contributed by atoms with Crippen molar-refractivity contribution in [3.63, 3.8) is 0 Å². The molecule has 0 spiro atoms. The van der Waals surface area contributed by atoms with E-state index in [4.69, 9.17) is 21.1 Å². The lowest BCUT2D eigenvalue weighted by molar-refractivity contribution is -0.0973. The number of hydrogen-bond donors (Lipinski definition) is 1. The fourth-order valence-electron chi connectivity index (χ4n) is 4.30. The summed E-state index contributed by atoms with van der Waals surface area (Å²) >= 11 is 6.23. The van der Waals surface area contributed by atoms with Crippen molar-refractivity contribution in [2.24, 2.45) is 0 Å². The second-order valence-corrected chi connectivity index (χ2v) is 7.94. The molecule has 7 heteroatoms. The number of amides is 2. The molecule has 0 aliphatic carbocycles. The van der Waals surface area contributed by atoms with Crippen molar-refractivity contribution in [1.82, 2.24) is 4.90 Å². The number of anilines is 2. The molecular weight excluding hydrogens is 366 g/mol. The van der Waals surface area contributed by atoms with Gasteiger partial charge >= 0.3 is 6.03 Å². The summed E-state index contributed by atoms with van der Waals surface area (Å²) in [5.74, 6) is 0. The zero-order valence-corrected chi connectivity index (χ0v) is 16.4. The van der Waals surface area contributed by atoms with Crippen LogP contribution < -0.4 is 10.2 Å². The number of rotatable bonds is 3. The van der Waals surface area contributed by atoms with Crippen LogP contribution in [0.5, 0.6) is 0 Å². The number of hydrogen-bond acceptors (Lipinski definition) is 4. The summed E-state index contributed by atoms with van der Waals surface area (Å²) in [4.78, 5) is 17.3. The lowest BCUT2D eigenvalue weighted by Gasteiger charge is -2.38. The van der Waals surface area contributed by atoms with Gasteiger partial charge in [0.15, 0.2) is 6.29 Å². The van der Waals surface area contributed by atoms with Crippen molar-refractivity contribution < 1.29 is 14.3 Å². The molecule has 3 saturated heterocycles. The fourth-order valence-corrected chi connectivity index (χ4v) is 4.47. The van der Waals surface area contributed by atoms with Crippen LogP contribution in [0.1, 0.15) is 38.5 Å². The first kappa shape index (κ1) is 18.8. The molecule has 27 heavy (non-hydrogen) atoms.